The molecule has 2 atom stereocenters. The van der Waals surface area contributed by atoms with Crippen molar-refractivity contribution in [3.63, 3.8) is 0 Å². The topological polar surface area (TPSA) is 87.9 Å². The van der Waals surface area contributed by atoms with E-state index < -0.39 is 6.10 Å². The van der Waals surface area contributed by atoms with Gasteiger partial charge in [0.25, 0.3) is 0 Å². The predicted octanol–water partition coefficient (Wildman–Crippen LogP) is 4.23. The summed E-state index contributed by atoms with van der Waals surface area (Å²) >= 11 is 0. The summed E-state index contributed by atoms with van der Waals surface area (Å²) in [5, 5.41) is 17.3. The smallest absolute Gasteiger partial charge is 0.227 e. The highest BCUT2D eigenvalue weighted by molar-refractivity contribution is 5.84. The molecule has 2 aromatic heterocycles. The number of aromatic nitrogens is 4. The Kier molecular flexibility index (Phi) is 6.69. The van der Waals surface area contributed by atoms with Crippen molar-refractivity contribution in [2.45, 2.75) is 65.8 Å². The number of fused-ring (bicyclic) bond motifs is 1. The Morgan fingerprint density at radius 1 is 1.07 bits per heavy atom. The molecule has 0 bridgehead atoms. The Hall–Kier alpha value is -2.67. The average molecular weight is 397 g/mol. The first-order chi connectivity index (χ1) is 13.9. The van der Waals surface area contributed by atoms with Gasteiger partial charge in [-0.2, -0.15) is 9.97 Å². The van der Waals surface area contributed by atoms with Crippen LogP contribution in [0.15, 0.2) is 36.7 Å². The molecule has 0 saturated carbocycles. The summed E-state index contributed by atoms with van der Waals surface area (Å²) in [4.78, 5) is 14.0. The molecule has 0 spiro atoms. The van der Waals surface area contributed by atoms with Crippen molar-refractivity contribution in [1.82, 2.24) is 19.5 Å². The summed E-state index contributed by atoms with van der Waals surface area (Å²) in [6.45, 7) is 10.9. The third-order valence-electron chi connectivity index (χ3n) is 5.13. The zero-order chi connectivity index (χ0) is 21.0. The molecule has 0 aliphatic rings. The molecular weight excluding hydrogens is 364 g/mol. The number of rotatable bonds is 9. The lowest BCUT2D eigenvalue weighted by atomic mass is 9.98. The second-order valence-corrected chi connectivity index (χ2v) is 8.05. The Bertz CT molecular complexity index is 922. The van der Waals surface area contributed by atoms with Gasteiger partial charge in [0, 0.05) is 12.6 Å². The van der Waals surface area contributed by atoms with Crippen LogP contribution in [0.2, 0.25) is 0 Å². The molecule has 0 radical (unpaired) electrons. The molecule has 3 N–H and O–H groups in total. The molecule has 2 heterocycles. The van der Waals surface area contributed by atoms with Crippen LogP contribution in [0.3, 0.4) is 0 Å². The van der Waals surface area contributed by atoms with Gasteiger partial charge in [0.05, 0.1) is 18.5 Å². The minimum absolute atomic E-state index is 0.121. The van der Waals surface area contributed by atoms with Crippen LogP contribution in [-0.2, 0) is 6.54 Å². The maximum Gasteiger partial charge on any atom is 0.227 e. The monoisotopic (exact) mass is 396 g/mol. The normalized spacial score (nSPS) is 13.8. The van der Waals surface area contributed by atoms with Crippen molar-refractivity contribution in [1.29, 1.82) is 0 Å². The maximum absolute atomic E-state index is 10.5. The molecular formula is C22H32N6O. The highest BCUT2D eigenvalue weighted by Gasteiger charge is 2.23. The molecule has 7 nitrogen and oxygen atoms in total. The molecule has 0 saturated heterocycles. The largest absolute Gasteiger partial charge is 0.391 e. The lowest BCUT2D eigenvalue weighted by Gasteiger charge is -2.26. The second kappa shape index (κ2) is 9.22. The summed E-state index contributed by atoms with van der Waals surface area (Å²) in [6, 6.07) is 10.3. The van der Waals surface area contributed by atoms with Crippen molar-refractivity contribution >= 4 is 22.9 Å². The Balaban J connectivity index is 1.95. The Morgan fingerprint density at radius 2 is 1.79 bits per heavy atom. The number of anilines is 2. The van der Waals surface area contributed by atoms with Gasteiger partial charge < -0.3 is 20.3 Å². The highest BCUT2D eigenvalue weighted by Crippen LogP contribution is 2.25. The van der Waals surface area contributed by atoms with Crippen LogP contribution >= 0.6 is 0 Å². The molecule has 0 aliphatic carbocycles. The first-order valence-electron chi connectivity index (χ1n) is 10.4. The Morgan fingerprint density at radius 3 is 2.41 bits per heavy atom. The lowest BCUT2D eigenvalue weighted by molar-refractivity contribution is 0.103. The third kappa shape index (κ3) is 4.85. The molecule has 3 aromatic rings. The zero-order valence-electron chi connectivity index (χ0n) is 17.9. The van der Waals surface area contributed by atoms with E-state index in [4.69, 9.17) is 9.97 Å². The van der Waals surface area contributed by atoms with Gasteiger partial charge >= 0.3 is 0 Å². The van der Waals surface area contributed by atoms with E-state index in [9.17, 15) is 5.11 Å². The number of aliphatic hydroxyl groups is 1. The van der Waals surface area contributed by atoms with Crippen molar-refractivity contribution < 1.29 is 5.11 Å². The van der Waals surface area contributed by atoms with Crippen LogP contribution in [0, 0.1) is 5.92 Å². The van der Waals surface area contributed by atoms with E-state index in [0.29, 0.717) is 18.3 Å². The van der Waals surface area contributed by atoms with Crippen LogP contribution < -0.4 is 10.6 Å². The van der Waals surface area contributed by atoms with E-state index >= 15 is 0 Å². The molecule has 1 unspecified atom stereocenters. The number of aliphatic hydroxyl groups excluding tert-OH is 1. The average Bonchev–Trinajstić information content (AvgIpc) is 3.14. The van der Waals surface area contributed by atoms with Crippen molar-refractivity contribution in [2.75, 3.05) is 10.6 Å². The minimum Gasteiger partial charge on any atom is -0.391 e. The lowest BCUT2D eigenvalue weighted by Crippen LogP contribution is -2.37. The first-order valence-corrected chi connectivity index (χ1v) is 10.4. The van der Waals surface area contributed by atoms with Gasteiger partial charge in [-0.3, -0.25) is 0 Å². The number of hydrogen-bond acceptors (Lipinski definition) is 6. The van der Waals surface area contributed by atoms with Crippen LogP contribution in [0.5, 0.6) is 0 Å². The molecule has 7 heteroatoms. The van der Waals surface area contributed by atoms with Crippen molar-refractivity contribution in [3.05, 3.63) is 42.2 Å². The third-order valence-corrected chi connectivity index (χ3v) is 5.13. The van der Waals surface area contributed by atoms with E-state index in [1.165, 1.54) is 5.56 Å². The summed E-state index contributed by atoms with van der Waals surface area (Å²) < 4.78 is 2.04. The number of nitrogens with one attached hydrogen (secondary N) is 2. The summed E-state index contributed by atoms with van der Waals surface area (Å²) in [7, 11) is 0. The van der Waals surface area contributed by atoms with E-state index in [-0.39, 0.29) is 18.0 Å². The number of benzene rings is 1. The summed E-state index contributed by atoms with van der Waals surface area (Å²) in [5.74, 6) is 1.34. The zero-order valence-corrected chi connectivity index (χ0v) is 17.9. The van der Waals surface area contributed by atoms with Crippen LogP contribution in [0.1, 0.15) is 52.6 Å². The van der Waals surface area contributed by atoms with Crippen LogP contribution in [0.4, 0.5) is 11.8 Å². The second-order valence-electron chi connectivity index (χ2n) is 8.05. The van der Waals surface area contributed by atoms with E-state index in [0.717, 1.165) is 17.6 Å². The van der Waals surface area contributed by atoms with E-state index in [1.807, 2.05) is 42.9 Å². The van der Waals surface area contributed by atoms with Gasteiger partial charge in [-0.1, -0.05) is 51.1 Å². The molecule has 29 heavy (non-hydrogen) atoms. The highest BCUT2D eigenvalue weighted by atomic mass is 16.3. The van der Waals surface area contributed by atoms with Crippen LogP contribution in [-0.4, -0.2) is 36.8 Å². The number of hydrogen-bond donors (Lipinski definition) is 3. The SMILES string of the molecule is CC[C@@H](Nc1nc(NCc2ccccc2)c2ncn(C(C)C)c2n1)C(O)C(C)C. The van der Waals surface area contributed by atoms with Gasteiger partial charge in [0.15, 0.2) is 17.0 Å². The van der Waals surface area contributed by atoms with Gasteiger partial charge in [-0.15, -0.1) is 0 Å². The fraction of sp³-hybridized carbons (Fsp3) is 0.500. The van der Waals surface area contributed by atoms with E-state index in [1.54, 1.807) is 0 Å². The van der Waals surface area contributed by atoms with Crippen molar-refractivity contribution in [3.8, 4) is 0 Å². The fourth-order valence-corrected chi connectivity index (χ4v) is 3.32. The van der Waals surface area contributed by atoms with Gasteiger partial charge in [-0.05, 0) is 31.7 Å². The van der Waals surface area contributed by atoms with Gasteiger partial charge in [-0.25, -0.2) is 4.98 Å². The molecule has 1 aromatic carbocycles. The molecule has 0 aliphatic heterocycles. The maximum atomic E-state index is 10.5. The molecule has 156 valence electrons. The van der Waals surface area contributed by atoms with E-state index in [2.05, 4.69) is 48.5 Å². The summed E-state index contributed by atoms with van der Waals surface area (Å²) in [5.41, 5.74) is 2.69. The Labute approximate surface area is 172 Å². The van der Waals surface area contributed by atoms with Crippen LogP contribution in [0.25, 0.3) is 11.2 Å². The minimum atomic E-state index is -0.477. The fourth-order valence-electron chi connectivity index (χ4n) is 3.32. The number of nitrogens with zero attached hydrogens (tertiary/aromatic N) is 4. The standard InChI is InChI=1S/C22H32N6O/c1-6-17(19(29)14(2)3)25-22-26-20(23-12-16-10-8-7-9-11-16)18-21(27-22)28(13-24-18)15(4)5/h7-11,13-15,17,19,29H,6,12H2,1-5H3,(H2,23,25,26,27)/t17-,19?/m1/s1. The quantitative estimate of drug-likeness (QED) is 0.502. The first kappa shape index (κ1) is 21.0. The van der Waals surface area contributed by atoms with Gasteiger partial charge in [0.2, 0.25) is 5.95 Å². The summed E-state index contributed by atoms with van der Waals surface area (Å²) in [6.07, 6.45) is 2.11. The van der Waals surface area contributed by atoms with Gasteiger partial charge in [0.1, 0.15) is 0 Å². The molecule has 3 rings (SSSR count). The molecule has 0 fully saturated rings. The predicted molar refractivity (Wildman–Crippen MR) is 118 cm³/mol. The molecule has 0 amide bonds. The van der Waals surface area contributed by atoms with Crippen molar-refractivity contribution in [2.24, 2.45) is 5.92 Å². The number of imidazole rings is 1.